The molecule has 0 N–H and O–H groups in total. The molecular formula is C46H31N3. The average Bonchev–Trinajstić information content (AvgIpc) is 3.58. The molecule has 0 aliphatic heterocycles. The number of aromatic nitrogens is 3. The van der Waals surface area contributed by atoms with Gasteiger partial charge in [0.15, 0.2) is 17.5 Å². The van der Waals surface area contributed by atoms with Crippen LogP contribution >= 0.6 is 0 Å². The Balaban J connectivity index is 1.10. The van der Waals surface area contributed by atoms with E-state index in [0.717, 1.165) is 34.2 Å². The largest absolute Gasteiger partial charge is 0.208 e. The van der Waals surface area contributed by atoms with Crippen molar-refractivity contribution < 1.29 is 0 Å². The molecule has 1 heterocycles. The molecule has 3 nitrogen and oxygen atoms in total. The third kappa shape index (κ3) is 5.42. The number of hydrogen-bond acceptors (Lipinski definition) is 3. The van der Waals surface area contributed by atoms with E-state index in [9.17, 15) is 0 Å². The second-order valence-corrected chi connectivity index (χ2v) is 12.4. The monoisotopic (exact) mass is 625 g/mol. The second-order valence-electron chi connectivity index (χ2n) is 12.4. The Labute approximate surface area is 286 Å². The molecule has 1 aliphatic rings. The fraction of sp³-hybridized carbons (Fsp3) is 0.0217. The highest BCUT2D eigenvalue weighted by atomic mass is 15.0. The summed E-state index contributed by atoms with van der Waals surface area (Å²) in [6.07, 6.45) is 0.915. The molecule has 0 bridgehead atoms. The van der Waals surface area contributed by atoms with Crippen LogP contribution in [-0.2, 0) is 6.42 Å². The van der Waals surface area contributed by atoms with Crippen LogP contribution in [-0.4, -0.2) is 15.0 Å². The smallest absolute Gasteiger partial charge is 0.164 e. The van der Waals surface area contributed by atoms with E-state index in [1.807, 2.05) is 60.7 Å². The van der Waals surface area contributed by atoms with Crippen LogP contribution in [0.3, 0.4) is 0 Å². The van der Waals surface area contributed by atoms with Gasteiger partial charge < -0.3 is 0 Å². The van der Waals surface area contributed by atoms with Gasteiger partial charge in [-0.25, -0.2) is 15.0 Å². The van der Waals surface area contributed by atoms with E-state index in [0.29, 0.717) is 17.5 Å². The summed E-state index contributed by atoms with van der Waals surface area (Å²) in [4.78, 5) is 14.8. The number of nitrogens with zero attached hydrogens (tertiary/aromatic N) is 3. The lowest BCUT2D eigenvalue weighted by atomic mass is 9.93. The minimum Gasteiger partial charge on any atom is -0.208 e. The van der Waals surface area contributed by atoms with Crippen molar-refractivity contribution in [1.29, 1.82) is 0 Å². The summed E-state index contributed by atoms with van der Waals surface area (Å²) in [5, 5.41) is 0. The lowest BCUT2D eigenvalue weighted by Crippen LogP contribution is -2.00. The van der Waals surface area contributed by atoms with Crippen molar-refractivity contribution in [2.75, 3.05) is 0 Å². The summed E-state index contributed by atoms with van der Waals surface area (Å²) in [7, 11) is 0. The SMILES string of the molecule is c1ccc(-c2nc(-c3ccccc3)nc(-c3cccc(-c4cccc(-c5cccc6c5Cc5c(-c7ccccc7)cccc5-6)c4)c3)n2)cc1. The van der Waals surface area contributed by atoms with Crippen molar-refractivity contribution in [3.05, 3.63) is 187 Å². The Hall–Kier alpha value is -6.45. The number of fused-ring (bicyclic) bond motifs is 3. The van der Waals surface area contributed by atoms with Gasteiger partial charge in [0.1, 0.15) is 0 Å². The van der Waals surface area contributed by atoms with Crippen LogP contribution < -0.4 is 0 Å². The van der Waals surface area contributed by atoms with Gasteiger partial charge in [-0.1, -0.05) is 164 Å². The van der Waals surface area contributed by atoms with Gasteiger partial charge in [-0.15, -0.1) is 0 Å². The maximum absolute atomic E-state index is 4.97. The highest BCUT2D eigenvalue weighted by Crippen LogP contribution is 2.45. The van der Waals surface area contributed by atoms with Crippen molar-refractivity contribution in [3.8, 4) is 78.7 Å². The maximum atomic E-state index is 4.97. The molecule has 1 aromatic heterocycles. The molecule has 7 aromatic carbocycles. The van der Waals surface area contributed by atoms with Crippen molar-refractivity contribution in [3.63, 3.8) is 0 Å². The number of rotatable bonds is 6. The average molecular weight is 626 g/mol. The summed E-state index contributed by atoms with van der Waals surface area (Å²) < 4.78 is 0. The van der Waals surface area contributed by atoms with E-state index in [4.69, 9.17) is 15.0 Å². The van der Waals surface area contributed by atoms with Crippen LogP contribution in [0.4, 0.5) is 0 Å². The molecule has 230 valence electrons. The van der Waals surface area contributed by atoms with Gasteiger partial charge in [-0.3, -0.25) is 0 Å². The lowest BCUT2D eigenvalue weighted by Gasteiger charge is -2.12. The van der Waals surface area contributed by atoms with Crippen LogP contribution in [0.15, 0.2) is 176 Å². The molecule has 49 heavy (non-hydrogen) atoms. The third-order valence-electron chi connectivity index (χ3n) is 9.41. The second kappa shape index (κ2) is 12.3. The molecule has 0 radical (unpaired) electrons. The van der Waals surface area contributed by atoms with E-state index in [1.165, 1.54) is 44.5 Å². The van der Waals surface area contributed by atoms with Gasteiger partial charge >= 0.3 is 0 Å². The molecule has 0 atom stereocenters. The van der Waals surface area contributed by atoms with E-state index < -0.39 is 0 Å². The lowest BCUT2D eigenvalue weighted by molar-refractivity contribution is 1.07. The van der Waals surface area contributed by atoms with Gasteiger partial charge in [-0.05, 0) is 74.2 Å². The summed E-state index contributed by atoms with van der Waals surface area (Å²) in [6, 6.07) is 61.8. The van der Waals surface area contributed by atoms with Crippen LogP contribution in [0.1, 0.15) is 11.1 Å². The van der Waals surface area contributed by atoms with Crippen molar-refractivity contribution in [2.24, 2.45) is 0 Å². The Morgan fingerprint density at radius 2 is 0.612 bits per heavy atom. The Morgan fingerprint density at radius 1 is 0.265 bits per heavy atom. The normalized spacial score (nSPS) is 11.6. The number of hydrogen-bond donors (Lipinski definition) is 0. The zero-order chi connectivity index (χ0) is 32.6. The van der Waals surface area contributed by atoms with E-state index >= 15 is 0 Å². The Bertz CT molecular complexity index is 2390. The summed E-state index contributed by atoms with van der Waals surface area (Å²) >= 11 is 0. The van der Waals surface area contributed by atoms with Crippen molar-refractivity contribution in [1.82, 2.24) is 15.0 Å². The molecule has 1 aliphatic carbocycles. The number of benzene rings is 7. The first-order valence-electron chi connectivity index (χ1n) is 16.7. The summed E-state index contributed by atoms with van der Waals surface area (Å²) in [5.74, 6) is 1.97. The molecule has 9 rings (SSSR count). The van der Waals surface area contributed by atoms with Gasteiger partial charge in [-0.2, -0.15) is 0 Å². The molecule has 0 saturated heterocycles. The standard InChI is InChI=1S/C46H31N3/c1-4-14-31(15-5-1)38-24-12-26-40-41-27-13-25-39(43(41)30-42(38)40)36-22-10-20-34(28-36)35-21-11-23-37(29-35)46-48-44(32-16-6-2-7-17-32)47-45(49-46)33-18-8-3-9-19-33/h1-29H,30H2. The molecule has 0 fully saturated rings. The molecule has 8 aromatic rings. The van der Waals surface area contributed by atoms with Gasteiger partial charge in [0, 0.05) is 16.7 Å². The summed E-state index contributed by atoms with van der Waals surface area (Å²) in [6.45, 7) is 0. The fourth-order valence-corrected chi connectivity index (χ4v) is 7.04. The maximum Gasteiger partial charge on any atom is 0.164 e. The van der Waals surface area contributed by atoms with Gasteiger partial charge in [0.05, 0.1) is 0 Å². The Kier molecular flexibility index (Phi) is 7.21. The minimum absolute atomic E-state index is 0.651. The third-order valence-corrected chi connectivity index (χ3v) is 9.41. The van der Waals surface area contributed by atoms with E-state index in [1.54, 1.807) is 0 Å². The fourth-order valence-electron chi connectivity index (χ4n) is 7.04. The molecule has 3 heteroatoms. The zero-order valence-electron chi connectivity index (χ0n) is 26.8. The van der Waals surface area contributed by atoms with Crippen molar-refractivity contribution in [2.45, 2.75) is 6.42 Å². The van der Waals surface area contributed by atoms with Gasteiger partial charge in [0.25, 0.3) is 0 Å². The van der Waals surface area contributed by atoms with Crippen LogP contribution in [0.5, 0.6) is 0 Å². The van der Waals surface area contributed by atoms with Crippen molar-refractivity contribution >= 4 is 0 Å². The molecular weight excluding hydrogens is 595 g/mol. The first-order valence-corrected chi connectivity index (χ1v) is 16.7. The summed E-state index contributed by atoms with van der Waals surface area (Å²) in [5.41, 5.74) is 15.7. The predicted molar refractivity (Wildman–Crippen MR) is 201 cm³/mol. The first kappa shape index (κ1) is 28.7. The molecule has 0 unspecified atom stereocenters. The predicted octanol–water partition coefficient (Wildman–Crippen LogP) is 11.4. The van der Waals surface area contributed by atoms with Crippen LogP contribution in [0.25, 0.3) is 78.7 Å². The topological polar surface area (TPSA) is 38.7 Å². The first-order chi connectivity index (χ1) is 24.3. The zero-order valence-corrected chi connectivity index (χ0v) is 26.8. The highest BCUT2D eigenvalue weighted by molar-refractivity contribution is 5.90. The highest BCUT2D eigenvalue weighted by Gasteiger charge is 2.24. The quantitative estimate of drug-likeness (QED) is 0.185. The van der Waals surface area contributed by atoms with E-state index in [2.05, 4.69) is 115 Å². The van der Waals surface area contributed by atoms with Gasteiger partial charge in [0.2, 0.25) is 0 Å². The van der Waals surface area contributed by atoms with E-state index in [-0.39, 0.29) is 0 Å². The molecule has 0 amide bonds. The minimum atomic E-state index is 0.651. The molecule has 0 saturated carbocycles. The van der Waals surface area contributed by atoms with Crippen LogP contribution in [0, 0.1) is 0 Å². The Morgan fingerprint density at radius 3 is 1.14 bits per heavy atom. The van der Waals surface area contributed by atoms with Crippen LogP contribution in [0.2, 0.25) is 0 Å². The molecule has 0 spiro atoms.